The number of benzene rings is 2. The molecule has 1 amide bonds. The monoisotopic (exact) mass is 335 g/mol. The summed E-state index contributed by atoms with van der Waals surface area (Å²) < 4.78 is 0. The molecular weight excluding hydrogens is 310 g/mol. The van der Waals surface area contributed by atoms with Gasteiger partial charge in [-0.1, -0.05) is 74.2 Å². The second kappa shape index (κ2) is 7.93. The SMILES string of the molecule is C=C(C)C(=O)NC(CC)(c1ccccc1)C(C(C)=O)c1ccccc1. The summed E-state index contributed by atoms with van der Waals surface area (Å²) in [6.07, 6.45) is 0.579. The maximum absolute atomic E-state index is 12.7. The first-order chi connectivity index (χ1) is 11.9. The number of hydrogen-bond donors (Lipinski definition) is 1. The van der Waals surface area contributed by atoms with Crippen LogP contribution in [0.3, 0.4) is 0 Å². The summed E-state index contributed by atoms with van der Waals surface area (Å²) in [4.78, 5) is 25.2. The van der Waals surface area contributed by atoms with Crippen molar-refractivity contribution >= 4 is 11.7 Å². The summed E-state index contributed by atoms with van der Waals surface area (Å²) in [5.74, 6) is -0.712. The highest BCUT2D eigenvalue weighted by Gasteiger charge is 2.43. The van der Waals surface area contributed by atoms with Crippen molar-refractivity contribution in [2.75, 3.05) is 0 Å². The van der Waals surface area contributed by atoms with Crippen molar-refractivity contribution in [1.29, 1.82) is 0 Å². The molecule has 0 aliphatic heterocycles. The van der Waals surface area contributed by atoms with E-state index < -0.39 is 11.5 Å². The van der Waals surface area contributed by atoms with Crippen molar-refractivity contribution in [3.05, 3.63) is 83.9 Å². The zero-order valence-corrected chi connectivity index (χ0v) is 15.1. The quantitative estimate of drug-likeness (QED) is 0.764. The summed E-state index contributed by atoms with van der Waals surface area (Å²) >= 11 is 0. The molecule has 0 spiro atoms. The van der Waals surface area contributed by atoms with Crippen LogP contribution in [-0.2, 0) is 15.1 Å². The lowest BCUT2D eigenvalue weighted by molar-refractivity contribution is -0.123. The molecule has 0 bridgehead atoms. The van der Waals surface area contributed by atoms with Gasteiger partial charge in [-0.25, -0.2) is 0 Å². The number of amides is 1. The van der Waals surface area contributed by atoms with Gasteiger partial charge in [-0.05, 0) is 31.4 Å². The molecule has 130 valence electrons. The Balaban J connectivity index is 2.69. The molecule has 3 heteroatoms. The summed E-state index contributed by atoms with van der Waals surface area (Å²) in [6, 6.07) is 19.3. The zero-order chi connectivity index (χ0) is 18.4. The van der Waals surface area contributed by atoms with E-state index >= 15 is 0 Å². The van der Waals surface area contributed by atoms with Crippen LogP contribution in [0.4, 0.5) is 0 Å². The normalized spacial score (nSPS) is 14.2. The Bertz CT molecular complexity index is 752. The Hall–Kier alpha value is -2.68. The van der Waals surface area contributed by atoms with Crippen molar-refractivity contribution in [1.82, 2.24) is 5.32 Å². The van der Waals surface area contributed by atoms with Gasteiger partial charge in [-0.2, -0.15) is 0 Å². The molecule has 25 heavy (non-hydrogen) atoms. The molecule has 0 radical (unpaired) electrons. The molecule has 0 saturated carbocycles. The average Bonchev–Trinajstić information content (AvgIpc) is 2.62. The predicted octanol–water partition coefficient (Wildman–Crippen LogP) is 4.36. The topological polar surface area (TPSA) is 46.2 Å². The van der Waals surface area contributed by atoms with E-state index in [1.165, 1.54) is 0 Å². The second-order valence-electron chi connectivity index (χ2n) is 6.38. The van der Waals surface area contributed by atoms with Crippen LogP contribution in [0.1, 0.15) is 44.2 Å². The summed E-state index contributed by atoms with van der Waals surface area (Å²) in [5.41, 5.74) is 1.40. The van der Waals surface area contributed by atoms with E-state index in [1.807, 2.05) is 67.6 Å². The Kier molecular flexibility index (Phi) is 5.92. The predicted molar refractivity (Wildman–Crippen MR) is 101 cm³/mol. The van der Waals surface area contributed by atoms with Gasteiger partial charge in [0.05, 0.1) is 11.5 Å². The van der Waals surface area contributed by atoms with E-state index in [0.717, 1.165) is 11.1 Å². The average molecular weight is 335 g/mol. The number of rotatable bonds is 7. The first-order valence-electron chi connectivity index (χ1n) is 8.51. The highest BCUT2D eigenvalue weighted by molar-refractivity contribution is 5.94. The van der Waals surface area contributed by atoms with Gasteiger partial charge in [-0.15, -0.1) is 0 Å². The fraction of sp³-hybridized carbons (Fsp3) is 0.273. The minimum Gasteiger partial charge on any atom is -0.342 e. The van der Waals surface area contributed by atoms with Crippen LogP contribution in [0.2, 0.25) is 0 Å². The van der Waals surface area contributed by atoms with Crippen molar-refractivity contribution in [2.45, 2.75) is 38.6 Å². The van der Waals surface area contributed by atoms with Gasteiger partial charge >= 0.3 is 0 Å². The highest BCUT2D eigenvalue weighted by Crippen LogP contribution is 2.40. The number of carbonyl (C=O) groups excluding carboxylic acids is 2. The van der Waals surface area contributed by atoms with E-state index in [0.29, 0.717) is 12.0 Å². The first-order valence-corrected chi connectivity index (χ1v) is 8.51. The number of hydrogen-bond acceptors (Lipinski definition) is 2. The lowest BCUT2D eigenvalue weighted by atomic mass is 9.70. The van der Waals surface area contributed by atoms with Crippen LogP contribution in [-0.4, -0.2) is 11.7 Å². The molecule has 0 aromatic heterocycles. The highest BCUT2D eigenvalue weighted by atomic mass is 16.2. The van der Waals surface area contributed by atoms with Crippen molar-refractivity contribution in [3.8, 4) is 0 Å². The number of Topliss-reactive ketones (excluding diaryl/α,β-unsaturated/α-hetero) is 1. The fourth-order valence-electron chi connectivity index (χ4n) is 3.36. The molecule has 0 aliphatic carbocycles. The van der Waals surface area contributed by atoms with Gasteiger partial charge in [0.15, 0.2) is 0 Å². The second-order valence-corrected chi connectivity index (χ2v) is 6.38. The maximum Gasteiger partial charge on any atom is 0.247 e. The molecular formula is C22H25NO2. The lowest BCUT2D eigenvalue weighted by Crippen LogP contribution is -2.52. The molecule has 0 heterocycles. The third-order valence-electron chi connectivity index (χ3n) is 4.60. The van der Waals surface area contributed by atoms with Gasteiger partial charge in [0.1, 0.15) is 5.78 Å². The minimum atomic E-state index is -0.829. The largest absolute Gasteiger partial charge is 0.342 e. The molecule has 2 aromatic rings. The van der Waals surface area contributed by atoms with E-state index in [1.54, 1.807) is 13.8 Å². The molecule has 0 aliphatic rings. The lowest BCUT2D eigenvalue weighted by Gasteiger charge is -2.41. The smallest absolute Gasteiger partial charge is 0.247 e. The Labute approximate surface area is 149 Å². The van der Waals surface area contributed by atoms with Crippen LogP contribution >= 0.6 is 0 Å². The molecule has 2 rings (SSSR count). The molecule has 0 saturated heterocycles. The molecule has 1 N–H and O–H groups in total. The summed E-state index contributed by atoms with van der Waals surface area (Å²) in [5, 5.41) is 3.12. The Morgan fingerprint density at radius 1 is 1.00 bits per heavy atom. The van der Waals surface area contributed by atoms with Gasteiger partial charge in [0.25, 0.3) is 0 Å². The van der Waals surface area contributed by atoms with Crippen LogP contribution in [0.25, 0.3) is 0 Å². The number of nitrogens with one attached hydrogen (secondary N) is 1. The van der Waals surface area contributed by atoms with Crippen LogP contribution in [0.5, 0.6) is 0 Å². The van der Waals surface area contributed by atoms with Crippen molar-refractivity contribution in [2.24, 2.45) is 0 Å². The van der Waals surface area contributed by atoms with Crippen molar-refractivity contribution in [3.63, 3.8) is 0 Å². The van der Waals surface area contributed by atoms with Crippen LogP contribution in [0.15, 0.2) is 72.8 Å². The standard InChI is InChI=1S/C22H25NO2/c1-5-22(23-21(25)16(2)3,19-14-10-7-11-15-19)20(17(4)24)18-12-8-6-9-13-18/h6-15,20H,2,5H2,1,3-4H3,(H,23,25). The molecule has 0 fully saturated rings. The third-order valence-corrected chi connectivity index (χ3v) is 4.60. The zero-order valence-electron chi connectivity index (χ0n) is 15.1. The van der Waals surface area contributed by atoms with Crippen LogP contribution < -0.4 is 5.32 Å². The summed E-state index contributed by atoms with van der Waals surface area (Å²) in [6.45, 7) is 8.99. The Morgan fingerprint density at radius 3 is 1.96 bits per heavy atom. The fourth-order valence-corrected chi connectivity index (χ4v) is 3.36. The summed E-state index contributed by atoms with van der Waals surface area (Å²) in [7, 11) is 0. The Morgan fingerprint density at radius 2 is 1.52 bits per heavy atom. The van der Waals surface area contributed by atoms with Crippen molar-refractivity contribution < 1.29 is 9.59 Å². The van der Waals surface area contributed by atoms with E-state index in [-0.39, 0.29) is 11.7 Å². The van der Waals surface area contributed by atoms with Gasteiger partial charge in [-0.3, -0.25) is 9.59 Å². The molecule has 2 atom stereocenters. The van der Waals surface area contributed by atoms with E-state index in [9.17, 15) is 9.59 Å². The maximum atomic E-state index is 12.7. The van der Waals surface area contributed by atoms with E-state index in [4.69, 9.17) is 0 Å². The van der Waals surface area contributed by atoms with Gasteiger partial charge in [0, 0.05) is 5.57 Å². The number of ketones is 1. The number of carbonyl (C=O) groups is 2. The molecule has 2 unspecified atom stereocenters. The van der Waals surface area contributed by atoms with Gasteiger partial charge in [0.2, 0.25) is 5.91 Å². The molecule has 3 nitrogen and oxygen atoms in total. The van der Waals surface area contributed by atoms with Crippen LogP contribution in [0, 0.1) is 0 Å². The molecule has 2 aromatic carbocycles. The van der Waals surface area contributed by atoms with Gasteiger partial charge < -0.3 is 5.32 Å². The first kappa shape index (κ1) is 18.7. The van der Waals surface area contributed by atoms with E-state index in [2.05, 4.69) is 11.9 Å². The third kappa shape index (κ3) is 3.87. The minimum absolute atomic E-state index is 0.0129.